The van der Waals surface area contributed by atoms with E-state index >= 15 is 0 Å². The summed E-state index contributed by atoms with van der Waals surface area (Å²) in [7, 11) is 1.57. The first kappa shape index (κ1) is 20.4. The zero-order valence-electron chi connectivity index (χ0n) is 17.6. The minimum absolute atomic E-state index is 0.0715. The first-order valence-corrected chi connectivity index (χ1v) is 10.00. The number of hydrogen-bond acceptors (Lipinski definition) is 4. The molecule has 0 aromatic heterocycles. The van der Waals surface area contributed by atoms with Crippen molar-refractivity contribution in [1.29, 1.82) is 0 Å². The molecule has 5 heteroatoms. The van der Waals surface area contributed by atoms with Gasteiger partial charge in [0.25, 0.3) is 11.7 Å². The van der Waals surface area contributed by atoms with Crippen molar-refractivity contribution in [2.45, 2.75) is 19.9 Å². The molecule has 1 aliphatic rings. The highest BCUT2D eigenvalue weighted by atomic mass is 16.5. The van der Waals surface area contributed by atoms with Crippen molar-refractivity contribution in [2.24, 2.45) is 0 Å². The van der Waals surface area contributed by atoms with E-state index in [0.29, 0.717) is 22.6 Å². The number of nitrogens with zero attached hydrogens (tertiary/aromatic N) is 1. The second-order valence-electron chi connectivity index (χ2n) is 7.58. The third-order valence-electron chi connectivity index (χ3n) is 5.69. The molecule has 1 fully saturated rings. The van der Waals surface area contributed by atoms with E-state index in [9.17, 15) is 14.7 Å². The summed E-state index contributed by atoms with van der Waals surface area (Å²) < 4.78 is 5.24. The number of aryl methyl sites for hydroxylation is 2. The highest BCUT2D eigenvalue weighted by molar-refractivity contribution is 6.51. The van der Waals surface area contributed by atoms with Gasteiger partial charge >= 0.3 is 0 Å². The number of amides is 1. The monoisotopic (exact) mass is 413 g/mol. The number of ketones is 1. The molecule has 0 spiro atoms. The Balaban J connectivity index is 1.93. The summed E-state index contributed by atoms with van der Waals surface area (Å²) in [6, 6.07) is 20.9. The second kappa shape index (κ2) is 8.11. The Kier molecular flexibility index (Phi) is 5.34. The van der Waals surface area contributed by atoms with Crippen LogP contribution in [0.5, 0.6) is 5.75 Å². The minimum Gasteiger partial charge on any atom is -0.507 e. The van der Waals surface area contributed by atoms with Gasteiger partial charge in [0.2, 0.25) is 0 Å². The van der Waals surface area contributed by atoms with E-state index in [0.717, 1.165) is 11.1 Å². The number of methoxy groups -OCH3 is 1. The van der Waals surface area contributed by atoms with Crippen LogP contribution in [-0.4, -0.2) is 23.9 Å². The van der Waals surface area contributed by atoms with Crippen LogP contribution in [0.3, 0.4) is 0 Å². The molecule has 156 valence electrons. The Morgan fingerprint density at radius 2 is 1.58 bits per heavy atom. The van der Waals surface area contributed by atoms with Gasteiger partial charge in [-0.2, -0.15) is 0 Å². The summed E-state index contributed by atoms with van der Waals surface area (Å²) in [5.74, 6) is -0.895. The van der Waals surface area contributed by atoms with E-state index in [-0.39, 0.29) is 11.3 Å². The van der Waals surface area contributed by atoms with Crippen LogP contribution in [0.15, 0.2) is 78.4 Å². The van der Waals surface area contributed by atoms with Crippen LogP contribution in [0.1, 0.15) is 28.3 Å². The smallest absolute Gasteiger partial charge is 0.300 e. The van der Waals surface area contributed by atoms with E-state index in [4.69, 9.17) is 4.74 Å². The maximum atomic E-state index is 13.1. The Labute approximate surface area is 181 Å². The summed E-state index contributed by atoms with van der Waals surface area (Å²) >= 11 is 0. The molecule has 3 aromatic rings. The van der Waals surface area contributed by atoms with Crippen molar-refractivity contribution in [1.82, 2.24) is 0 Å². The summed E-state index contributed by atoms with van der Waals surface area (Å²) in [6.07, 6.45) is 0. The van der Waals surface area contributed by atoms with Gasteiger partial charge in [0, 0.05) is 11.3 Å². The van der Waals surface area contributed by atoms with Crippen LogP contribution in [-0.2, 0) is 9.59 Å². The molecule has 5 nitrogen and oxygen atoms in total. The number of anilines is 1. The molecule has 0 aliphatic carbocycles. The molecule has 0 bridgehead atoms. The molecule has 1 unspecified atom stereocenters. The van der Waals surface area contributed by atoms with E-state index in [1.54, 1.807) is 49.6 Å². The number of hydrogen-bond donors (Lipinski definition) is 1. The normalized spacial score (nSPS) is 17.8. The Morgan fingerprint density at radius 1 is 0.903 bits per heavy atom. The number of carbonyl (C=O) groups excluding carboxylic acids is 2. The number of rotatable bonds is 4. The maximum absolute atomic E-state index is 13.1. The van der Waals surface area contributed by atoms with Crippen molar-refractivity contribution >= 4 is 23.1 Å². The first-order valence-electron chi connectivity index (χ1n) is 10.00. The molecule has 0 saturated carbocycles. The molecule has 1 heterocycles. The lowest BCUT2D eigenvalue weighted by Gasteiger charge is -2.25. The standard InChI is InChI=1S/C26H23NO4/c1-16-9-10-19(15-17(16)2)24(28)22-23(18-11-13-21(31-3)14-12-18)27(26(30)25(22)29)20-7-5-4-6-8-20/h4-15,23,28H,1-3H3/b24-22-. The summed E-state index contributed by atoms with van der Waals surface area (Å²) in [6.45, 7) is 3.92. The Hall–Kier alpha value is -3.86. The first-order chi connectivity index (χ1) is 14.9. The highest BCUT2D eigenvalue weighted by Gasteiger charge is 2.46. The van der Waals surface area contributed by atoms with Gasteiger partial charge in [0.05, 0.1) is 18.7 Å². The third-order valence-corrected chi connectivity index (χ3v) is 5.69. The minimum atomic E-state index is -0.755. The zero-order valence-corrected chi connectivity index (χ0v) is 17.6. The SMILES string of the molecule is COc1ccc(C2/C(=C(/O)c3ccc(C)c(C)c3)C(=O)C(=O)N2c2ccccc2)cc1. The predicted octanol–water partition coefficient (Wildman–Crippen LogP) is 4.94. The lowest BCUT2D eigenvalue weighted by molar-refractivity contribution is -0.132. The molecule has 4 rings (SSSR count). The molecule has 1 aliphatic heterocycles. The predicted molar refractivity (Wildman–Crippen MR) is 120 cm³/mol. The lowest BCUT2D eigenvalue weighted by atomic mass is 9.94. The molecule has 1 N–H and O–H groups in total. The van der Waals surface area contributed by atoms with Gasteiger partial charge < -0.3 is 9.84 Å². The fourth-order valence-electron chi connectivity index (χ4n) is 3.83. The Bertz CT molecular complexity index is 1180. The van der Waals surface area contributed by atoms with Crippen LogP contribution >= 0.6 is 0 Å². The van der Waals surface area contributed by atoms with Crippen molar-refractivity contribution in [3.63, 3.8) is 0 Å². The number of benzene rings is 3. The van der Waals surface area contributed by atoms with E-state index in [1.165, 1.54) is 4.90 Å². The average Bonchev–Trinajstić information content (AvgIpc) is 3.06. The fraction of sp³-hybridized carbons (Fsp3) is 0.154. The third kappa shape index (κ3) is 3.59. The van der Waals surface area contributed by atoms with Gasteiger partial charge in [0.15, 0.2) is 0 Å². The van der Waals surface area contributed by atoms with Gasteiger partial charge in [-0.15, -0.1) is 0 Å². The van der Waals surface area contributed by atoms with Crippen LogP contribution in [0, 0.1) is 13.8 Å². The molecule has 1 saturated heterocycles. The van der Waals surface area contributed by atoms with Gasteiger partial charge in [-0.3, -0.25) is 14.5 Å². The van der Waals surface area contributed by atoms with Gasteiger partial charge in [-0.25, -0.2) is 0 Å². The molecule has 1 amide bonds. The molecular weight excluding hydrogens is 390 g/mol. The van der Waals surface area contributed by atoms with Gasteiger partial charge in [-0.1, -0.05) is 42.5 Å². The largest absolute Gasteiger partial charge is 0.507 e. The zero-order chi connectivity index (χ0) is 22.1. The van der Waals surface area contributed by atoms with Crippen molar-refractivity contribution in [2.75, 3.05) is 12.0 Å². The van der Waals surface area contributed by atoms with Crippen LogP contribution in [0.4, 0.5) is 5.69 Å². The summed E-state index contributed by atoms with van der Waals surface area (Å²) in [4.78, 5) is 27.7. The van der Waals surface area contributed by atoms with E-state index in [1.807, 2.05) is 44.2 Å². The number of para-hydroxylation sites is 1. The van der Waals surface area contributed by atoms with E-state index < -0.39 is 17.7 Å². The highest BCUT2D eigenvalue weighted by Crippen LogP contribution is 2.42. The number of aliphatic hydroxyl groups is 1. The quantitative estimate of drug-likeness (QED) is 0.374. The van der Waals surface area contributed by atoms with Crippen LogP contribution < -0.4 is 9.64 Å². The Morgan fingerprint density at radius 3 is 2.19 bits per heavy atom. The topological polar surface area (TPSA) is 66.8 Å². The number of aliphatic hydroxyl groups excluding tert-OH is 1. The lowest BCUT2D eigenvalue weighted by Crippen LogP contribution is -2.29. The maximum Gasteiger partial charge on any atom is 0.300 e. The van der Waals surface area contributed by atoms with Gasteiger partial charge in [-0.05, 0) is 60.9 Å². The number of Topliss-reactive ketones (excluding diaryl/α,β-unsaturated/α-hetero) is 1. The summed E-state index contributed by atoms with van der Waals surface area (Å²) in [5.41, 5.74) is 3.93. The van der Waals surface area contributed by atoms with E-state index in [2.05, 4.69) is 0 Å². The second-order valence-corrected chi connectivity index (χ2v) is 7.58. The van der Waals surface area contributed by atoms with Gasteiger partial charge in [0.1, 0.15) is 11.5 Å². The molecule has 0 radical (unpaired) electrons. The summed E-state index contributed by atoms with van der Waals surface area (Å²) in [5, 5.41) is 11.2. The van der Waals surface area contributed by atoms with Crippen molar-refractivity contribution in [3.05, 3.63) is 101 Å². The molecule has 31 heavy (non-hydrogen) atoms. The fourth-order valence-corrected chi connectivity index (χ4v) is 3.83. The van der Waals surface area contributed by atoms with Crippen LogP contribution in [0.2, 0.25) is 0 Å². The van der Waals surface area contributed by atoms with Crippen LogP contribution in [0.25, 0.3) is 5.76 Å². The van der Waals surface area contributed by atoms with Crippen molar-refractivity contribution < 1.29 is 19.4 Å². The molecular formula is C26H23NO4. The number of carbonyl (C=O) groups is 2. The van der Waals surface area contributed by atoms with Crippen molar-refractivity contribution in [3.8, 4) is 5.75 Å². The average molecular weight is 413 g/mol. The molecule has 1 atom stereocenters. The molecule has 3 aromatic carbocycles. The number of ether oxygens (including phenoxy) is 1.